The minimum absolute atomic E-state index is 0.272. The molecule has 2 rings (SSSR count). The predicted octanol–water partition coefficient (Wildman–Crippen LogP) is 1.30. The molecule has 2 amide bonds. The molecule has 7 nitrogen and oxygen atoms in total. The number of carboxylic acids is 1. The molecule has 1 aliphatic heterocycles. The molecule has 0 aliphatic carbocycles. The summed E-state index contributed by atoms with van der Waals surface area (Å²) in [5.74, 6) is -0.918. The van der Waals surface area contributed by atoms with Gasteiger partial charge in [-0.1, -0.05) is 0 Å². The molecule has 0 spiro atoms. The topological polar surface area (TPSA) is 98.3 Å². The van der Waals surface area contributed by atoms with Crippen molar-refractivity contribution < 1.29 is 14.7 Å². The number of carbonyl (C=O) groups excluding carboxylic acids is 1. The third-order valence-corrected chi connectivity index (χ3v) is 3.88. The van der Waals surface area contributed by atoms with Crippen LogP contribution in [0.15, 0.2) is 6.20 Å². The monoisotopic (exact) mass is 294 g/mol. The summed E-state index contributed by atoms with van der Waals surface area (Å²) in [4.78, 5) is 24.7. The van der Waals surface area contributed by atoms with Crippen LogP contribution < -0.4 is 5.32 Å². The number of nitrogens with zero attached hydrogens (tertiary/aromatic N) is 2. The van der Waals surface area contributed by atoms with E-state index in [2.05, 4.69) is 15.5 Å². The fourth-order valence-electron chi connectivity index (χ4n) is 2.63. The SMILES string of the molecule is Cc1[nH]ncc1CCCNC(=O)N1CCCCC1C(=O)O. The summed E-state index contributed by atoms with van der Waals surface area (Å²) in [6.07, 6.45) is 5.70. The van der Waals surface area contributed by atoms with E-state index >= 15 is 0 Å². The smallest absolute Gasteiger partial charge is 0.326 e. The third kappa shape index (κ3) is 3.96. The Kier molecular flexibility index (Phi) is 5.19. The van der Waals surface area contributed by atoms with Crippen molar-refractivity contribution in [2.24, 2.45) is 0 Å². The van der Waals surface area contributed by atoms with Crippen LogP contribution in [0.3, 0.4) is 0 Å². The highest BCUT2D eigenvalue weighted by molar-refractivity contribution is 5.82. The summed E-state index contributed by atoms with van der Waals surface area (Å²) in [5.41, 5.74) is 2.19. The highest BCUT2D eigenvalue weighted by Crippen LogP contribution is 2.17. The first kappa shape index (κ1) is 15.3. The molecule has 1 atom stereocenters. The number of urea groups is 1. The minimum atomic E-state index is -0.918. The number of carboxylic acid groups (broad SMARTS) is 1. The molecule has 3 N–H and O–H groups in total. The summed E-state index contributed by atoms with van der Waals surface area (Å²) in [7, 11) is 0. The predicted molar refractivity (Wildman–Crippen MR) is 77.0 cm³/mol. The molecule has 1 aromatic rings. The zero-order valence-electron chi connectivity index (χ0n) is 12.3. The Bertz CT molecular complexity index is 500. The summed E-state index contributed by atoms with van der Waals surface area (Å²) in [5, 5.41) is 18.8. The van der Waals surface area contributed by atoms with Gasteiger partial charge in [0.25, 0.3) is 0 Å². The second kappa shape index (κ2) is 7.10. The fourth-order valence-corrected chi connectivity index (χ4v) is 2.63. The molecule has 1 aliphatic rings. The lowest BCUT2D eigenvalue weighted by atomic mass is 10.0. The maximum Gasteiger partial charge on any atom is 0.326 e. The lowest BCUT2D eigenvalue weighted by Crippen LogP contribution is -2.52. The van der Waals surface area contributed by atoms with Crippen molar-refractivity contribution in [2.75, 3.05) is 13.1 Å². The number of nitrogens with one attached hydrogen (secondary N) is 2. The van der Waals surface area contributed by atoms with E-state index in [0.29, 0.717) is 19.5 Å². The van der Waals surface area contributed by atoms with Crippen LogP contribution in [0.5, 0.6) is 0 Å². The molecule has 21 heavy (non-hydrogen) atoms. The first-order valence-electron chi connectivity index (χ1n) is 7.35. The third-order valence-electron chi connectivity index (χ3n) is 3.88. The van der Waals surface area contributed by atoms with E-state index in [1.165, 1.54) is 4.90 Å². The van der Waals surface area contributed by atoms with Crippen molar-refractivity contribution in [1.82, 2.24) is 20.4 Å². The zero-order valence-corrected chi connectivity index (χ0v) is 12.3. The van der Waals surface area contributed by atoms with E-state index in [-0.39, 0.29) is 6.03 Å². The summed E-state index contributed by atoms with van der Waals surface area (Å²) in [6, 6.07) is -0.958. The van der Waals surface area contributed by atoms with Gasteiger partial charge in [-0.3, -0.25) is 5.10 Å². The molecule has 1 aromatic heterocycles. The normalized spacial score (nSPS) is 18.5. The van der Waals surface area contributed by atoms with Crippen LogP contribution >= 0.6 is 0 Å². The summed E-state index contributed by atoms with van der Waals surface area (Å²) >= 11 is 0. The Morgan fingerprint density at radius 3 is 3.00 bits per heavy atom. The van der Waals surface area contributed by atoms with Crippen molar-refractivity contribution in [3.8, 4) is 0 Å². The van der Waals surface area contributed by atoms with Crippen LogP contribution in [0.2, 0.25) is 0 Å². The second-order valence-corrected chi connectivity index (χ2v) is 5.40. The first-order chi connectivity index (χ1) is 10.1. The van der Waals surface area contributed by atoms with Gasteiger partial charge in [0.2, 0.25) is 0 Å². The lowest BCUT2D eigenvalue weighted by Gasteiger charge is -2.32. The molecular formula is C14H22N4O3. The molecule has 116 valence electrons. The Morgan fingerprint density at radius 1 is 1.52 bits per heavy atom. The van der Waals surface area contributed by atoms with Crippen LogP contribution in [-0.2, 0) is 11.2 Å². The maximum absolute atomic E-state index is 12.1. The van der Waals surface area contributed by atoms with Crippen molar-refractivity contribution in [3.63, 3.8) is 0 Å². The molecule has 0 saturated carbocycles. The highest BCUT2D eigenvalue weighted by Gasteiger charge is 2.31. The number of carbonyl (C=O) groups is 2. The van der Waals surface area contributed by atoms with Gasteiger partial charge < -0.3 is 15.3 Å². The number of hydrogen-bond acceptors (Lipinski definition) is 3. The molecule has 1 fully saturated rings. The Morgan fingerprint density at radius 2 is 2.33 bits per heavy atom. The number of rotatable bonds is 5. The van der Waals surface area contributed by atoms with Gasteiger partial charge in [0.1, 0.15) is 6.04 Å². The van der Waals surface area contributed by atoms with Crippen LogP contribution in [0, 0.1) is 6.92 Å². The van der Waals surface area contributed by atoms with Crippen molar-refractivity contribution in [2.45, 2.75) is 45.1 Å². The van der Waals surface area contributed by atoms with Crippen LogP contribution in [0.25, 0.3) is 0 Å². The van der Waals surface area contributed by atoms with Gasteiger partial charge in [-0.05, 0) is 44.6 Å². The van der Waals surface area contributed by atoms with Gasteiger partial charge in [0, 0.05) is 18.8 Å². The van der Waals surface area contributed by atoms with E-state index in [9.17, 15) is 9.59 Å². The molecule has 0 aromatic carbocycles. The Balaban J connectivity index is 1.75. The van der Waals surface area contributed by atoms with Crippen molar-refractivity contribution in [3.05, 3.63) is 17.5 Å². The molecule has 1 unspecified atom stereocenters. The highest BCUT2D eigenvalue weighted by atomic mass is 16.4. The van der Waals surface area contributed by atoms with E-state index in [1.807, 2.05) is 6.92 Å². The van der Waals surface area contributed by atoms with Crippen molar-refractivity contribution >= 4 is 12.0 Å². The number of aliphatic carboxylic acids is 1. The zero-order chi connectivity index (χ0) is 15.2. The number of aromatic amines is 1. The van der Waals surface area contributed by atoms with E-state index < -0.39 is 12.0 Å². The van der Waals surface area contributed by atoms with Gasteiger partial charge >= 0.3 is 12.0 Å². The van der Waals surface area contributed by atoms with E-state index in [4.69, 9.17) is 5.11 Å². The molecule has 2 heterocycles. The number of amides is 2. The lowest BCUT2D eigenvalue weighted by molar-refractivity contribution is -0.143. The number of aryl methyl sites for hydroxylation is 2. The number of aromatic nitrogens is 2. The number of H-pyrrole nitrogens is 1. The second-order valence-electron chi connectivity index (χ2n) is 5.40. The fraction of sp³-hybridized carbons (Fsp3) is 0.643. The van der Waals surface area contributed by atoms with Gasteiger partial charge in [-0.2, -0.15) is 5.10 Å². The average Bonchev–Trinajstić information content (AvgIpc) is 2.88. The first-order valence-corrected chi connectivity index (χ1v) is 7.35. The molecule has 7 heteroatoms. The summed E-state index contributed by atoms with van der Waals surface area (Å²) < 4.78 is 0. The van der Waals surface area contributed by atoms with Gasteiger partial charge in [-0.15, -0.1) is 0 Å². The molecular weight excluding hydrogens is 272 g/mol. The number of hydrogen-bond donors (Lipinski definition) is 3. The van der Waals surface area contributed by atoms with Crippen molar-refractivity contribution in [1.29, 1.82) is 0 Å². The maximum atomic E-state index is 12.1. The van der Waals surface area contributed by atoms with Crippen LogP contribution in [0.1, 0.15) is 36.9 Å². The van der Waals surface area contributed by atoms with Crippen LogP contribution in [0.4, 0.5) is 4.79 Å². The van der Waals surface area contributed by atoms with Gasteiger partial charge in [0.05, 0.1) is 6.20 Å². The van der Waals surface area contributed by atoms with Gasteiger partial charge in [0.15, 0.2) is 0 Å². The quantitative estimate of drug-likeness (QED) is 0.713. The number of piperidine rings is 1. The standard InChI is InChI=1S/C14H22N4O3/c1-10-11(9-16-17-10)5-4-7-15-14(21)18-8-3-2-6-12(18)13(19)20/h9,12H,2-8H2,1H3,(H,15,21)(H,16,17)(H,19,20). The molecule has 0 radical (unpaired) electrons. The average molecular weight is 294 g/mol. The van der Waals surface area contributed by atoms with Crippen LogP contribution in [-0.4, -0.2) is 51.3 Å². The van der Waals surface area contributed by atoms with E-state index in [1.54, 1.807) is 6.20 Å². The Labute approximate surface area is 123 Å². The molecule has 0 bridgehead atoms. The number of likely N-dealkylation sites (tertiary alicyclic amines) is 1. The Hall–Kier alpha value is -2.05. The molecule has 1 saturated heterocycles. The van der Waals surface area contributed by atoms with Gasteiger partial charge in [-0.25, -0.2) is 9.59 Å². The minimum Gasteiger partial charge on any atom is -0.480 e. The summed E-state index contributed by atoms with van der Waals surface area (Å²) in [6.45, 7) is 3.02. The largest absolute Gasteiger partial charge is 0.480 e. The van der Waals surface area contributed by atoms with E-state index in [0.717, 1.165) is 36.9 Å².